The van der Waals surface area contributed by atoms with Gasteiger partial charge in [-0.15, -0.1) is 0 Å². The predicted molar refractivity (Wildman–Crippen MR) is 81.9 cm³/mol. The molecule has 5 nitrogen and oxygen atoms in total. The molecule has 0 radical (unpaired) electrons. The number of aromatic amines is 1. The van der Waals surface area contributed by atoms with Gasteiger partial charge in [-0.05, 0) is 24.3 Å². The lowest BCUT2D eigenvalue weighted by Gasteiger charge is -2.16. The number of rotatable bonds is 4. The van der Waals surface area contributed by atoms with Crippen LogP contribution in [0, 0.1) is 5.41 Å². The van der Waals surface area contributed by atoms with E-state index in [4.69, 9.17) is 10.5 Å². The van der Waals surface area contributed by atoms with Gasteiger partial charge >= 0.3 is 0 Å². The number of H-pyrrole nitrogens is 1. The highest BCUT2D eigenvalue weighted by atomic mass is 16.5. The average Bonchev–Trinajstić information content (AvgIpc) is 2.79. The number of hydrogen-bond donors (Lipinski definition) is 2. The minimum Gasteiger partial charge on any atom is -0.497 e. The van der Waals surface area contributed by atoms with Crippen molar-refractivity contribution in [2.75, 3.05) is 12.8 Å². The van der Waals surface area contributed by atoms with E-state index in [2.05, 4.69) is 4.98 Å². The molecule has 0 fully saturated rings. The van der Waals surface area contributed by atoms with Gasteiger partial charge in [-0.1, -0.05) is 20.8 Å². The van der Waals surface area contributed by atoms with E-state index in [0.29, 0.717) is 5.82 Å². The number of benzene rings is 1. The van der Waals surface area contributed by atoms with E-state index < -0.39 is 5.41 Å². The standard InChI is InChI=1S/C16H21N3O2/c1-16(2,3)13(20)10-19-14(17)9-18-15(19)11-5-7-12(21-4)8-6-11/h5-9H,10,17H2,1-4H3/p+1. The van der Waals surface area contributed by atoms with E-state index in [1.807, 2.05) is 45.0 Å². The summed E-state index contributed by atoms with van der Waals surface area (Å²) < 4.78 is 6.95. The van der Waals surface area contributed by atoms with Crippen LogP contribution in [-0.2, 0) is 11.3 Å². The predicted octanol–water partition coefficient (Wildman–Crippen LogP) is 2.18. The molecule has 0 bridgehead atoms. The number of ether oxygens (including phenoxy) is 1. The van der Waals surface area contributed by atoms with Gasteiger partial charge in [0, 0.05) is 11.0 Å². The summed E-state index contributed by atoms with van der Waals surface area (Å²) >= 11 is 0. The summed E-state index contributed by atoms with van der Waals surface area (Å²) in [5.41, 5.74) is 6.54. The molecule has 3 N–H and O–H groups in total. The maximum atomic E-state index is 12.3. The van der Waals surface area contributed by atoms with E-state index in [1.165, 1.54) is 0 Å². The first kappa shape index (κ1) is 15.1. The molecule has 0 unspecified atom stereocenters. The van der Waals surface area contributed by atoms with Crippen LogP contribution in [0.15, 0.2) is 30.5 Å². The maximum absolute atomic E-state index is 12.3. The zero-order chi connectivity index (χ0) is 15.6. The average molecular weight is 288 g/mol. The van der Waals surface area contributed by atoms with Crippen LogP contribution in [0.2, 0.25) is 0 Å². The Hall–Kier alpha value is -2.30. The minimum atomic E-state index is -0.395. The molecule has 5 heteroatoms. The summed E-state index contributed by atoms with van der Waals surface area (Å²) in [5.74, 6) is 2.27. The SMILES string of the molecule is COc1ccc(-c2[nH]cc(N)[n+]2CC(=O)C(C)(C)C)cc1. The molecule has 1 aromatic heterocycles. The summed E-state index contributed by atoms with van der Waals surface area (Å²) in [5, 5.41) is 0. The summed E-state index contributed by atoms with van der Waals surface area (Å²) in [7, 11) is 1.63. The largest absolute Gasteiger partial charge is 0.497 e. The minimum absolute atomic E-state index is 0.133. The van der Waals surface area contributed by atoms with Crippen molar-refractivity contribution in [3.63, 3.8) is 0 Å². The summed E-state index contributed by atoms with van der Waals surface area (Å²) in [6.45, 7) is 5.98. The van der Waals surface area contributed by atoms with Gasteiger partial charge in [0.2, 0.25) is 5.82 Å². The Morgan fingerprint density at radius 1 is 1.29 bits per heavy atom. The number of anilines is 1. The van der Waals surface area contributed by atoms with Crippen molar-refractivity contribution >= 4 is 11.6 Å². The van der Waals surface area contributed by atoms with Crippen molar-refractivity contribution in [3.8, 4) is 17.1 Å². The van der Waals surface area contributed by atoms with E-state index in [1.54, 1.807) is 17.9 Å². The number of nitrogens with two attached hydrogens (primary N) is 1. The Kier molecular flexibility index (Phi) is 4.02. The van der Waals surface area contributed by atoms with Gasteiger partial charge in [0.25, 0.3) is 5.82 Å². The lowest BCUT2D eigenvalue weighted by atomic mass is 9.91. The summed E-state index contributed by atoms with van der Waals surface area (Å²) in [6, 6.07) is 7.62. The second-order valence-electron chi connectivity index (χ2n) is 6.05. The molecule has 1 aromatic carbocycles. The number of Topliss-reactive ketones (excluding diaryl/α,β-unsaturated/α-hetero) is 1. The molecule has 0 saturated carbocycles. The van der Waals surface area contributed by atoms with Crippen LogP contribution in [-0.4, -0.2) is 17.9 Å². The van der Waals surface area contributed by atoms with Crippen LogP contribution in [0.3, 0.4) is 0 Å². The third-order valence-electron chi connectivity index (χ3n) is 3.44. The molecule has 112 valence electrons. The summed E-state index contributed by atoms with van der Waals surface area (Å²) in [4.78, 5) is 15.4. The first-order chi connectivity index (χ1) is 9.82. The Morgan fingerprint density at radius 3 is 2.43 bits per heavy atom. The molecule has 0 atom stereocenters. The molecule has 0 amide bonds. The zero-order valence-electron chi connectivity index (χ0n) is 12.9. The summed E-state index contributed by atoms with van der Waals surface area (Å²) in [6.07, 6.45) is 1.70. The van der Waals surface area contributed by atoms with Crippen LogP contribution in [0.25, 0.3) is 11.4 Å². The number of nitrogens with zero attached hydrogens (tertiary/aromatic N) is 1. The van der Waals surface area contributed by atoms with Gasteiger partial charge in [-0.3, -0.25) is 9.78 Å². The number of carbonyl (C=O) groups is 1. The number of nitrogen functional groups attached to an aromatic ring is 1. The van der Waals surface area contributed by atoms with E-state index >= 15 is 0 Å². The molecular formula is C16H22N3O2+. The fraction of sp³-hybridized carbons (Fsp3) is 0.375. The quantitative estimate of drug-likeness (QED) is 0.847. The third kappa shape index (κ3) is 3.24. The highest BCUT2D eigenvalue weighted by Gasteiger charge is 2.26. The maximum Gasteiger partial charge on any atom is 0.251 e. The molecule has 0 aliphatic carbocycles. The number of hydrogen-bond acceptors (Lipinski definition) is 3. The molecule has 0 saturated heterocycles. The van der Waals surface area contributed by atoms with Crippen molar-refractivity contribution < 1.29 is 14.1 Å². The van der Waals surface area contributed by atoms with Crippen molar-refractivity contribution in [3.05, 3.63) is 30.5 Å². The monoisotopic (exact) mass is 288 g/mol. The Labute approximate surface area is 124 Å². The lowest BCUT2D eigenvalue weighted by Crippen LogP contribution is -2.44. The van der Waals surface area contributed by atoms with Crippen LogP contribution < -0.4 is 15.0 Å². The van der Waals surface area contributed by atoms with Gasteiger partial charge in [-0.25, -0.2) is 4.57 Å². The van der Waals surface area contributed by atoms with Crippen LogP contribution in [0.5, 0.6) is 5.75 Å². The van der Waals surface area contributed by atoms with E-state index in [0.717, 1.165) is 17.1 Å². The number of nitrogens with one attached hydrogen (secondary N) is 1. The molecule has 21 heavy (non-hydrogen) atoms. The van der Waals surface area contributed by atoms with Gasteiger partial charge < -0.3 is 10.5 Å². The highest BCUT2D eigenvalue weighted by Crippen LogP contribution is 2.20. The lowest BCUT2D eigenvalue weighted by molar-refractivity contribution is -0.658. The second kappa shape index (κ2) is 5.60. The molecule has 0 aliphatic rings. The van der Waals surface area contributed by atoms with E-state index in [9.17, 15) is 4.79 Å². The Morgan fingerprint density at radius 2 is 1.90 bits per heavy atom. The fourth-order valence-electron chi connectivity index (χ4n) is 1.97. The van der Waals surface area contributed by atoms with Crippen molar-refractivity contribution in [1.82, 2.24) is 4.98 Å². The van der Waals surface area contributed by atoms with Crippen LogP contribution in [0.1, 0.15) is 20.8 Å². The van der Waals surface area contributed by atoms with Gasteiger partial charge in [0.15, 0.2) is 5.78 Å². The molecular weight excluding hydrogens is 266 g/mol. The van der Waals surface area contributed by atoms with E-state index in [-0.39, 0.29) is 12.3 Å². The molecule has 1 heterocycles. The number of methoxy groups -OCH3 is 1. The van der Waals surface area contributed by atoms with Gasteiger partial charge in [-0.2, -0.15) is 0 Å². The van der Waals surface area contributed by atoms with Crippen LogP contribution in [0.4, 0.5) is 5.82 Å². The zero-order valence-corrected chi connectivity index (χ0v) is 12.9. The molecule has 2 rings (SSSR count). The van der Waals surface area contributed by atoms with Crippen molar-refractivity contribution in [1.29, 1.82) is 0 Å². The highest BCUT2D eigenvalue weighted by molar-refractivity contribution is 5.82. The van der Waals surface area contributed by atoms with Crippen LogP contribution >= 0.6 is 0 Å². The van der Waals surface area contributed by atoms with Gasteiger partial charge in [0.1, 0.15) is 18.5 Å². The Balaban J connectivity index is 2.35. The van der Waals surface area contributed by atoms with Gasteiger partial charge in [0.05, 0.1) is 7.11 Å². The third-order valence-corrected chi connectivity index (χ3v) is 3.44. The Bertz CT molecular complexity index is 637. The molecule has 0 spiro atoms. The molecule has 0 aliphatic heterocycles. The van der Waals surface area contributed by atoms with Crippen molar-refractivity contribution in [2.24, 2.45) is 5.41 Å². The number of carbonyl (C=O) groups excluding carboxylic acids is 1. The first-order valence-electron chi connectivity index (χ1n) is 6.87. The normalized spacial score (nSPS) is 11.4. The fourth-order valence-corrected chi connectivity index (χ4v) is 1.97. The first-order valence-corrected chi connectivity index (χ1v) is 6.87. The second-order valence-corrected chi connectivity index (χ2v) is 6.05. The smallest absolute Gasteiger partial charge is 0.251 e. The number of ketones is 1. The van der Waals surface area contributed by atoms with Crippen molar-refractivity contribution in [2.45, 2.75) is 27.3 Å². The topological polar surface area (TPSA) is 72.0 Å². The molecule has 2 aromatic rings. The number of imidazole rings is 1. The number of aromatic nitrogens is 2.